The number of rotatable bonds is 4. The minimum absolute atomic E-state index is 0.0968. The number of carbonyl (C=O) groups excluding carboxylic acids is 1. The Balaban J connectivity index is 1.32. The van der Waals surface area contributed by atoms with Gasteiger partial charge in [0.05, 0.1) is 42.2 Å². The van der Waals surface area contributed by atoms with Crippen molar-refractivity contribution in [1.82, 2.24) is 24.2 Å². The molecule has 0 aliphatic carbocycles. The van der Waals surface area contributed by atoms with Crippen LogP contribution in [0, 0.1) is 5.82 Å². The molecule has 2 atom stereocenters. The molecule has 2 aromatic carbocycles. The summed E-state index contributed by atoms with van der Waals surface area (Å²) in [6.45, 7) is 2.89. The van der Waals surface area contributed by atoms with Gasteiger partial charge in [0.15, 0.2) is 0 Å². The van der Waals surface area contributed by atoms with Crippen molar-refractivity contribution in [2.45, 2.75) is 25.0 Å². The van der Waals surface area contributed by atoms with Gasteiger partial charge < -0.3 is 9.64 Å². The van der Waals surface area contributed by atoms with Gasteiger partial charge in [-0.1, -0.05) is 35.9 Å². The fourth-order valence-corrected chi connectivity index (χ4v) is 5.39. The number of imidazole rings is 1. The zero-order chi connectivity index (χ0) is 24.6. The van der Waals surface area contributed by atoms with Gasteiger partial charge in [-0.25, -0.2) is 14.4 Å². The van der Waals surface area contributed by atoms with Crippen LogP contribution in [-0.2, 0) is 11.3 Å². The molecule has 4 aromatic rings. The van der Waals surface area contributed by atoms with Crippen molar-refractivity contribution in [3.05, 3.63) is 89.1 Å². The number of hydrogen-bond donors (Lipinski definition) is 0. The fourth-order valence-electron chi connectivity index (χ4n) is 5.27. The molecule has 7 nitrogen and oxygen atoms in total. The van der Waals surface area contributed by atoms with Crippen molar-refractivity contribution in [1.29, 1.82) is 0 Å². The standard InChI is InChI=1S/C27H25ClFN5O2/c28-19-8-6-18(7-9-19)25-24(33-12-3-11-30-27(33)31-25)15-32-13-10-20-16-36-17-21(14-32)34(20)26(35)22-4-1-2-5-23(22)29/h1-9,11-12,20-21H,10,13-17H2. The third-order valence-corrected chi connectivity index (χ3v) is 7.24. The van der Waals surface area contributed by atoms with Crippen LogP contribution in [0.5, 0.6) is 0 Å². The number of benzene rings is 2. The summed E-state index contributed by atoms with van der Waals surface area (Å²) < 4.78 is 22.3. The molecule has 4 heterocycles. The lowest BCUT2D eigenvalue weighted by Crippen LogP contribution is -2.56. The van der Waals surface area contributed by atoms with Gasteiger partial charge in [-0.05, 0) is 36.8 Å². The van der Waals surface area contributed by atoms with Crippen molar-refractivity contribution in [2.75, 3.05) is 26.3 Å². The zero-order valence-corrected chi connectivity index (χ0v) is 20.3. The predicted octanol–water partition coefficient (Wildman–Crippen LogP) is 4.30. The SMILES string of the molecule is O=C(c1ccccc1F)N1C2CCN(Cc3c(-c4ccc(Cl)cc4)nc4ncccn34)CC1COC2. The molecule has 2 aliphatic heterocycles. The van der Waals surface area contributed by atoms with E-state index in [0.717, 1.165) is 29.9 Å². The second-order valence-electron chi connectivity index (χ2n) is 9.26. The minimum atomic E-state index is -0.492. The molecule has 9 heteroatoms. The van der Waals surface area contributed by atoms with E-state index in [2.05, 4.69) is 9.88 Å². The summed E-state index contributed by atoms with van der Waals surface area (Å²) in [6, 6.07) is 15.5. The second-order valence-corrected chi connectivity index (χ2v) is 9.70. The normalized spacial score (nSPS) is 20.4. The molecule has 2 saturated heterocycles. The number of aromatic nitrogens is 3. The van der Waals surface area contributed by atoms with Gasteiger partial charge in [0, 0.05) is 42.6 Å². The number of hydrogen-bond acceptors (Lipinski definition) is 5. The highest BCUT2D eigenvalue weighted by atomic mass is 35.5. The molecular weight excluding hydrogens is 481 g/mol. The smallest absolute Gasteiger partial charge is 0.257 e. The number of amides is 1. The minimum Gasteiger partial charge on any atom is -0.377 e. The Kier molecular flexibility index (Phi) is 6.17. The van der Waals surface area contributed by atoms with E-state index in [9.17, 15) is 9.18 Å². The summed E-state index contributed by atoms with van der Waals surface area (Å²) in [5, 5.41) is 0.668. The molecule has 0 N–H and O–H groups in total. The number of nitrogens with zero attached hydrogens (tertiary/aromatic N) is 5. The maximum atomic E-state index is 14.5. The number of carbonyl (C=O) groups is 1. The highest BCUT2D eigenvalue weighted by molar-refractivity contribution is 6.30. The Hall–Kier alpha value is -3.33. The summed E-state index contributed by atoms with van der Waals surface area (Å²) in [5.41, 5.74) is 2.95. The van der Waals surface area contributed by atoms with Crippen molar-refractivity contribution in [2.24, 2.45) is 0 Å². The molecule has 2 aliphatic rings. The van der Waals surface area contributed by atoms with Crippen LogP contribution in [0.1, 0.15) is 22.5 Å². The Morgan fingerprint density at radius 3 is 2.72 bits per heavy atom. The summed E-state index contributed by atoms with van der Waals surface area (Å²) in [6.07, 6.45) is 4.44. The topological polar surface area (TPSA) is 63.0 Å². The van der Waals surface area contributed by atoms with E-state index >= 15 is 0 Å². The highest BCUT2D eigenvalue weighted by Crippen LogP contribution is 2.29. The average Bonchev–Trinajstić information content (AvgIpc) is 3.21. The van der Waals surface area contributed by atoms with Crippen molar-refractivity contribution >= 4 is 23.3 Å². The van der Waals surface area contributed by atoms with Crippen LogP contribution in [0.2, 0.25) is 5.02 Å². The molecule has 184 valence electrons. The summed E-state index contributed by atoms with van der Waals surface area (Å²) in [4.78, 5) is 26.9. The number of morpholine rings is 1. The lowest BCUT2D eigenvalue weighted by Gasteiger charge is -2.40. The molecule has 0 saturated carbocycles. The zero-order valence-electron chi connectivity index (χ0n) is 19.6. The molecule has 2 unspecified atom stereocenters. The summed E-state index contributed by atoms with van der Waals surface area (Å²) >= 11 is 6.12. The van der Waals surface area contributed by atoms with E-state index in [1.165, 1.54) is 6.07 Å². The molecule has 6 rings (SSSR count). The number of ether oxygens (including phenoxy) is 1. The first-order valence-corrected chi connectivity index (χ1v) is 12.4. The third kappa shape index (κ3) is 4.25. The molecular formula is C27H25ClFN5O2. The number of halogens is 2. The molecule has 2 aromatic heterocycles. The highest BCUT2D eigenvalue weighted by Gasteiger charge is 2.39. The van der Waals surface area contributed by atoms with E-state index in [4.69, 9.17) is 21.3 Å². The quantitative estimate of drug-likeness (QED) is 0.414. The Morgan fingerprint density at radius 1 is 1.08 bits per heavy atom. The first-order chi connectivity index (χ1) is 17.6. The Bertz CT molecular complexity index is 1410. The lowest BCUT2D eigenvalue weighted by molar-refractivity contribution is -0.0328. The van der Waals surface area contributed by atoms with E-state index in [-0.39, 0.29) is 23.6 Å². The van der Waals surface area contributed by atoms with Crippen molar-refractivity contribution in [3.8, 4) is 11.3 Å². The fraction of sp³-hybridized carbons (Fsp3) is 0.296. The van der Waals surface area contributed by atoms with Gasteiger partial charge in [0.2, 0.25) is 5.78 Å². The number of fused-ring (bicyclic) bond motifs is 3. The van der Waals surface area contributed by atoms with E-state index in [1.54, 1.807) is 24.4 Å². The molecule has 1 amide bonds. The first-order valence-electron chi connectivity index (χ1n) is 12.0. The molecule has 36 heavy (non-hydrogen) atoms. The van der Waals surface area contributed by atoms with Crippen LogP contribution in [0.15, 0.2) is 67.0 Å². The van der Waals surface area contributed by atoms with Gasteiger partial charge in [0.25, 0.3) is 5.91 Å². The molecule has 2 bridgehead atoms. The van der Waals surface area contributed by atoms with Crippen LogP contribution in [0.25, 0.3) is 17.0 Å². The van der Waals surface area contributed by atoms with Gasteiger partial charge >= 0.3 is 0 Å². The van der Waals surface area contributed by atoms with E-state index in [1.807, 2.05) is 45.8 Å². The van der Waals surface area contributed by atoms with Crippen LogP contribution < -0.4 is 0 Å². The predicted molar refractivity (Wildman–Crippen MR) is 134 cm³/mol. The monoisotopic (exact) mass is 505 g/mol. The molecule has 2 fully saturated rings. The molecule has 0 spiro atoms. The van der Waals surface area contributed by atoms with Gasteiger partial charge in [0.1, 0.15) is 5.82 Å². The van der Waals surface area contributed by atoms with Gasteiger partial charge in [-0.15, -0.1) is 0 Å². The lowest BCUT2D eigenvalue weighted by atomic mass is 10.1. The van der Waals surface area contributed by atoms with Crippen molar-refractivity contribution < 1.29 is 13.9 Å². The summed E-state index contributed by atoms with van der Waals surface area (Å²) in [5.74, 6) is -0.131. The van der Waals surface area contributed by atoms with E-state index < -0.39 is 5.82 Å². The molecule has 0 radical (unpaired) electrons. The van der Waals surface area contributed by atoms with Gasteiger partial charge in [-0.3, -0.25) is 14.1 Å². The second kappa shape index (κ2) is 9.61. The largest absolute Gasteiger partial charge is 0.377 e. The Labute approximate surface area is 213 Å². The Morgan fingerprint density at radius 2 is 1.89 bits per heavy atom. The van der Waals surface area contributed by atoms with Crippen molar-refractivity contribution in [3.63, 3.8) is 0 Å². The maximum absolute atomic E-state index is 14.5. The van der Waals surface area contributed by atoms with Crippen LogP contribution >= 0.6 is 11.6 Å². The summed E-state index contributed by atoms with van der Waals surface area (Å²) in [7, 11) is 0. The average molecular weight is 506 g/mol. The third-order valence-electron chi connectivity index (χ3n) is 6.99. The van der Waals surface area contributed by atoms with Crippen LogP contribution in [-0.4, -0.2) is 68.5 Å². The first kappa shape index (κ1) is 23.1. The van der Waals surface area contributed by atoms with Crippen LogP contribution in [0.4, 0.5) is 4.39 Å². The van der Waals surface area contributed by atoms with Gasteiger partial charge in [-0.2, -0.15) is 0 Å². The van der Waals surface area contributed by atoms with Crippen LogP contribution in [0.3, 0.4) is 0 Å². The van der Waals surface area contributed by atoms with E-state index in [0.29, 0.717) is 37.1 Å². The maximum Gasteiger partial charge on any atom is 0.257 e.